The highest BCUT2D eigenvalue weighted by Gasteiger charge is 2.10. The van der Waals surface area contributed by atoms with E-state index in [1.54, 1.807) is 29.1 Å². The summed E-state index contributed by atoms with van der Waals surface area (Å²) in [5, 5.41) is 6.91. The van der Waals surface area contributed by atoms with Gasteiger partial charge in [0.2, 0.25) is 0 Å². The first-order valence-corrected chi connectivity index (χ1v) is 7.45. The summed E-state index contributed by atoms with van der Waals surface area (Å²) in [6.07, 6.45) is 1.61. The monoisotopic (exact) mass is 325 g/mol. The maximum atomic E-state index is 13.5. The molecule has 1 aromatic heterocycles. The van der Waals surface area contributed by atoms with E-state index in [-0.39, 0.29) is 18.3 Å². The van der Waals surface area contributed by atoms with Gasteiger partial charge in [0.15, 0.2) is 18.2 Å². The Labute approximate surface area is 138 Å². The molecule has 3 aromatic rings. The number of para-hydroxylation sites is 1. The third-order valence-corrected chi connectivity index (χ3v) is 3.35. The summed E-state index contributed by atoms with van der Waals surface area (Å²) in [6.45, 7) is 0.259. The van der Waals surface area contributed by atoms with Crippen LogP contribution in [-0.2, 0) is 11.3 Å². The van der Waals surface area contributed by atoms with Gasteiger partial charge in [0.1, 0.15) is 5.82 Å². The number of anilines is 1. The molecule has 0 bridgehead atoms. The maximum absolute atomic E-state index is 13.5. The second kappa shape index (κ2) is 7.41. The van der Waals surface area contributed by atoms with Crippen LogP contribution in [0.5, 0.6) is 5.75 Å². The minimum Gasteiger partial charge on any atom is -0.481 e. The van der Waals surface area contributed by atoms with Gasteiger partial charge in [-0.1, -0.05) is 42.5 Å². The van der Waals surface area contributed by atoms with Gasteiger partial charge in [-0.2, -0.15) is 5.10 Å². The largest absolute Gasteiger partial charge is 0.481 e. The topological polar surface area (TPSA) is 56.1 Å². The summed E-state index contributed by atoms with van der Waals surface area (Å²) in [4.78, 5) is 12.0. The summed E-state index contributed by atoms with van der Waals surface area (Å²) >= 11 is 0. The van der Waals surface area contributed by atoms with Crippen molar-refractivity contribution < 1.29 is 13.9 Å². The number of nitrogens with zero attached hydrogens (tertiary/aromatic N) is 2. The van der Waals surface area contributed by atoms with Crippen molar-refractivity contribution in [3.63, 3.8) is 0 Å². The standard InChI is InChI=1S/C18H16FN3O2/c19-15-8-4-5-9-16(15)24-13-18(23)21-17-10-11-20-22(17)12-14-6-2-1-3-7-14/h1-11H,12-13H2,(H,21,23). The normalized spacial score (nSPS) is 10.4. The van der Waals surface area contributed by atoms with Gasteiger partial charge in [-0.05, 0) is 17.7 Å². The van der Waals surface area contributed by atoms with E-state index in [0.29, 0.717) is 12.4 Å². The van der Waals surface area contributed by atoms with Crippen molar-refractivity contribution >= 4 is 11.7 Å². The van der Waals surface area contributed by atoms with Crippen LogP contribution in [0.15, 0.2) is 66.9 Å². The Kier molecular flexibility index (Phi) is 4.86. The number of nitrogens with one attached hydrogen (secondary N) is 1. The van der Waals surface area contributed by atoms with Gasteiger partial charge < -0.3 is 10.1 Å². The molecule has 24 heavy (non-hydrogen) atoms. The Morgan fingerprint density at radius 1 is 1.08 bits per heavy atom. The van der Waals surface area contributed by atoms with Crippen LogP contribution in [0, 0.1) is 5.82 Å². The summed E-state index contributed by atoms with van der Waals surface area (Å²) in [7, 11) is 0. The first kappa shape index (κ1) is 15.7. The third-order valence-electron chi connectivity index (χ3n) is 3.35. The molecule has 1 heterocycles. The van der Waals surface area contributed by atoms with E-state index in [4.69, 9.17) is 4.74 Å². The smallest absolute Gasteiger partial charge is 0.263 e. The molecule has 0 aliphatic rings. The van der Waals surface area contributed by atoms with Gasteiger partial charge in [-0.25, -0.2) is 9.07 Å². The molecule has 0 fully saturated rings. The molecule has 122 valence electrons. The summed E-state index contributed by atoms with van der Waals surface area (Å²) < 4.78 is 20.3. The number of carbonyl (C=O) groups is 1. The number of hydrogen-bond acceptors (Lipinski definition) is 3. The zero-order valence-corrected chi connectivity index (χ0v) is 12.9. The zero-order chi connectivity index (χ0) is 16.8. The average molecular weight is 325 g/mol. The molecule has 0 aliphatic carbocycles. The highest BCUT2D eigenvalue weighted by Crippen LogP contribution is 2.15. The summed E-state index contributed by atoms with van der Waals surface area (Å²) in [5.74, 6) is -0.279. The number of amides is 1. The third kappa shape index (κ3) is 3.98. The average Bonchev–Trinajstić information content (AvgIpc) is 3.02. The van der Waals surface area contributed by atoms with Crippen LogP contribution in [0.2, 0.25) is 0 Å². The number of carbonyl (C=O) groups excluding carboxylic acids is 1. The lowest BCUT2D eigenvalue weighted by Crippen LogP contribution is -2.22. The van der Waals surface area contributed by atoms with Crippen LogP contribution in [0.3, 0.4) is 0 Å². The van der Waals surface area contributed by atoms with Crippen molar-refractivity contribution in [2.75, 3.05) is 11.9 Å². The molecule has 3 rings (SSSR count). The molecule has 6 heteroatoms. The fourth-order valence-electron chi connectivity index (χ4n) is 2.21. The molecular formula is C18H16FN3O2. The highest BCUT2D eigenvalue weighted by molar-refractivity contribution is 5.91. The molecule has 1 N–H and O–H groups in total. The molecule has 0 radical (unpaired) electrons. The van der Waals surface area contributed by atoms with Crippen LogP contribution in [-0.4, -0.2) is 22.3 Å². The van der Waals surface area contributed by atoms with Crippen molar-refractivity contribution in [2.24, 2.45) is 0 Å². The number of benzene rings is 2. The van der Waals surface area contributed by atoms with Crippen LogP contribution in [0.1, 0.15) is 5.56 Å². The molecule has 0 aliphatic heterocycles. The maximum Gasteiger partial charge on any atom is 0.263 e. The Morgan fingerprint density at radius 3 is 2.62 bits per heavy atom. The van der Waals surface area contributed by atoms with E-state index >= 15 is 0 Å². The zero-order valence-electron chi connectivity index (χ0n) is 12.9. The van der Waals surface area contributed by atoms with E-state index in [1.165, 1.54) is 12.1 Å². The predicted molar refractivity (Wildman–Crippen MR) is 88.3 cm³/mol. The lowest BCUT2D eigenvalue weighted by atomic mass is 10.2. The summed E-state index contributed by atoms with van der Waals surface area (Å²) in [5.41, 5.74) is 1.07. The first-order valence-electron chi connectivity index (χ1n) is 7.45. The van der Waals surface area contributed by atoms with Gasteiger partial charge in [0.05, 0.1) is 12.7 Å². The van der Waals surface area contributed by atoms with E-state index in [0.717, 1.165) is 5.56 Å². The highest BCUT2D eigenvalue weighted by atomic mass is 19.1. The van der Waals surface area contributed by atoms with Gasteiger partial charge in [-0.3, -0.25) is 4.79 Å². The fraction of sp³-hybridized carbons (Fsp3) is 0.111. The molecule has 0 spiro atoms. The van der Waals surface area contributed by atoms with Gasteiger partial charge in [0, 0.05) is 6.07 Å². The predicted octanol–water partition coefficient (Wildman–Crippen LogP) is 3.09. The van der Waals surface area contributed by atoms with Crippen LogP contribution in [0.4, 0.5) is 10.2 Å². The van der Waals surface area contributed by atoms with Crippen molar-refractivity contribution in [1.82, 2.24) is 9.78 Å². The van der Waals surface area contributed by atoms with Crippen LogP contribution >= 0.6 is 0 Å². The number of rotatable bonds is 6. The lowest BCUT2D eigenvalue weighted by Gasteiger charge is -2.10. The van der Waals surface area contributed by atoms with Crippen molar-refractivity contribution in [2.45, 2.75) is 6.54 Å². The molecule has 0 saturated heterocycles. The van der Waals surface area contributed by atoms with Crippen molar-refractivity contribution in [1.29, 1.82) is 0 Å². The van der Waals surface area contributed by atoms with E-state index in [1.807, 2.05) is 30.3 Å². The number of ether oxygens (including phenoxy) is 1. The molecule has 0 saturated carbocycles. The Balaban J connectivity index is 1.59. The minimum atomic E-state index is -0.501. The molecule has 5 nitrogen and oxygen atoms in total. The minimum absolute atomic E-state index is 0.0467. The second-order valence-electron chi connectivity index (χ2n) is 5.13. The molecular weight excluding hydrogens is 309 g/mol. The Morgan fingerprint density at radius 2 is 1.83 bits per heavy atom. The Hall–Kier alpha value is -3.15. The van der Waals surface area contributed by atoms with Crippen molar-refractivity contribution in [3.05, 3.63) is 78.2 Å². The number of aromatic nitrogens is 2. The van der Waals surface area contributed by atoms with Crippen molar-refractivity contribution in [3.8, 4) is 5.75 Å². The Bertz CT molecular complexity index is 818. The van der Waals surface area contributed by atoms with Gasteiger partial charge in [-0.15, -0.1) is 0 Å². The number of halogens is 1. The van der Waals surface area contributed by atoms with E-state index in [2.05, 4.69) is 10.4 Å². The molecule has 2 aromatic carbocycles. The summed E-state index contributed by atoms with van der Waals surface area (Å²) in [6, 6.07) is 17.4. The second-order valence-corrected chi connectivity index (χ2v) is 5.13. The molecule has 1 amide bonds. The van der Waals surface area contributed by atoms with E-state index in [9.17, 15) is 9.18 Å². The first-order chi connectivity index (χ1) is 11.7. The van der Waals surface area contributed by atoms with Crippen LogP contribution in [0.25, 0.3) is 0 Å². The number of hydrogen-bond donors (Lipinski definition) is 1. The quantitative estimate of drug-likeness (QED) is 0.758. The van der Waals surface area contributed by atoms with Gasteiger partial charge in [0.25, 0.3) is 5.91 Å². The van der Waals surface area contributed by atoms with E-state index < -0.39 is 5.82 Å². The molecule has 0 atom stereocenters. The lowest BCUT2D eigenvalue weighted by molar-refractivity contribution is -0.118. The fourth-order valence-corrected chi connectivity index (χ4v) is 2.21. The van der Waals surface area contributed by atoms with Gasteiger partial charge >= 0.3 is 0 Å². The molecule has 0 unspecified atom stereocenters. The van der Waals surface area contributed by atoms with Crippen LogP contribution < -0.4 is 10.1 Å². The SMILES string of the molecule is O=C(COc1ccccc1F)Nc1ccnn1Cc1ccccc1.